The summed E-state index contributed by atoms with van der Waals surface area (Å²) < 4.78 is 17.8. The second-order valence-electron chi connectivity index (χ2n) is 6.05. The molecule has 6 heteroatoms. The highest BCUT2D eigenvalue weighted by atomic mass is 19.1. The van der Waals surface area contributed by atoms with Crippen LogP contribution < -0.4 is 10.6 Å². The zero-order valence-electron chi connectivity index (χ0n) is 15.2. The average molecular weight is 378 g/mol. The molecule has 0 radical (unpaired) electrons. The molecule has 0 fully saturated rings. The second kappa shape index (κ2) is 8.81. The fraction of sp³-hybridized carbons (Fsp3) is 0.0909. The summed E-state index contributed by atoms with van der Waals surface area (Å²) in [6, 6.07) is 20.8. The normalized spacial score (nSPS) is 11.4. The Labute approximate surface area is 162 Å². The van der Waals surface area contributed by atoms with Gasteiger partial charge in [0.05, 0.1) is 12.7 Å². The lowest BCUT2D eigenvalue weighted by Crippen LogP contribution is -2.27. The summed E-state index contributed by atoms with van der Waals surface area (Å²) in [5, 5.41) is 5.96. The van der Waals surface area contributed by atoms with Gasteiger partial charge in [0, 0.05) is 11.4 Å². The monoisotopic (exact) mass is 378 g/mol. The number of hydrogen-bond donors (Lipinski definition) is 2. The molecule has 3 rings (SSSR count). The molecule has 28 heavy (non-hydrogen) atoms. The molecule has 0 aromatic heterocycles. The molecular weight excluding hydrogens is 359 g/mol. The molecule has 0 aliphatic heterocycles. The Balaban J connectivity index is 1.82. The molecule has 0 bridgehead atoms. The first-order chi connectivity index (χ1) is 13.6. The summed E-state index contributed by atoms with van der Waals surface area (Å²) in [6.07, 6.45) is 0. The van der Waals surface area contributed by atoms with E-state index in [9.17, 15) is 14.0 Å². The fourth-order valence-electron chi connectivity index (χ4n) is 2.68. The van der Waals surface area contributed by atoms with E-state index >= 15 is 0 Å². The van der Waals surface area contributed by atoms with Crippen LogP contribution >= 0.6 is 0 Å². The molecule has 1 amide bonds. The van der Waals surface area contributed by atoms with E-state index in [4.69, 9.17) is 0 Å². The molecule has 3 aromatic rings. The van der Waals surface area contributed by atoms with Crippen molar-refractivity contribution in [3.8, 4) is 0 Å². The van der Waals surface area contributed by atoms with Crippen LogP contribution in [0.1, 0.15) is 22.0 Å². The molecule has 1 atom stereocenters. The van der Waals surface area contributed by atoms with E-state index in [0.29, 0.717) is 16.9 Å². The first-order valence-electron chi connectivity index (χ1n) is 8.63. The van der Waals surface area contributed by atoms with Crippen molar-refractivity contribution in [2.24, 2.45) is 0 Å². The van der Waals surface area contributed by atoms with Gasteiger partial charge in [-0.25, -0.2) is 9.18 Å². The number of rotatable bonds is 6. The van der Waals surface area contributed by atoms with Gasteiger partial charge in [0.25, 0.3) is 5.91 Å². The van der Waals surface area contributed by atoms with E-state index in [-0.39, 0.29) is 11.7 Å². The van der Waals surface area contributed by atoms with E-state index in [1.165, 1.54) is 31.4 Å². The highest BCUT2D eigenvalue weighted by Gasteiger charge is 2.21. The minimum atomic E-state index is -0.685. The van der Waals surface area contributed by atoms with Gasteiger partial charge >= 0.3 is 5.97 Å². The van der Waals surface area contributed by atoms with Gasteiger partial charge in [0.1, 0.15) is 11.9 Å². The van der Waals surface area contributed by atoms with Gasteiger partial charge in [-0.15, -0.1) is 0 Å². The molecule has 0 saturated heterocycles. The number of halogens is 1. The highest BCUT2D eigenvalue weighted by molar-refractivity contribution is 5.97. The number of nitrogens with one attached hydrogen (secondary N) is 2. The van der Waals surface area contributed by atoms with Gasteiger partial charge in [-0.2, -0.15) is 0 Å². The Morgan fingerprint density at radius 2 is 1.46 bits per heavy atom. The van der Waals surface area contributed by atoms with Crippen LogP contribution in [0.2, 0.25) is 0 Å². The van der Waals surface area contributed by atoms with Crippen molar-refractivity contribution in [2.45, 2.75) is 6.04 Å². The predicted molar refractivity (Wildman–Crippen MR) is 106 cm³/mol. The summed E-state index contributed by atoms with van der Waals surface area (Å²) in [7, 11) is 1.32. The SMILES string of the molecule is COC(=O)c1ccc(N[C@@H](C(=O)Nc2ccc(F)cc2)c2ccccc2)cc1. The van der Waals surface area contributed by atoms with E-state index in [1.807, 2.05) is 30.3 Å². The molecule has 2 N–H and O–H groups in total. The maximum atomic E-state index is 13.1. The van der Waals surface area contributed by atoms with Gasteiger partial charge in [-0.1, -0.05) is 30.3 Å². The highest BCUT2D eigenvalue weighted by Crippen LogP contribution is 2.22. The maximum Gasteiger partial charge on any atom is 0.337 e. The number of amides is 1. The molecule has 5 nitrogen and oxygen atoms in total. The summed E-state index contributed by atoms with van der Waals surface area (Å²) >= 11 is 0. The Morgan fingerprint density at radius 1 is 0.857 bits per heavy atom. The second-order valence-corrected chi connectivity index (χ2v) is 6.05. The third-order valence-electron chi connectivity index (χ3n) is 4.12. The van der Waals surface area contributed by atoms with Gasteiger partial charge in [0.2, 0.25) is 0 Å². The maximum absolute atomic E-state index is 13.1. The van der Waals surface area contributed by atoms with Crippen molar-refractivity contribution in [3.63, 3.8) is 0 Å². The van der Waals surface area contributed by atoms with E-state index < -0.39 is 12.0 Å². The number of methoxy groups -OCH3 is 1. The minimum Gasteiger partial charge on any atom is -0.465 e. The van der Waals surface area contributed by atoms with E-state index in [2.05, 4.69) is 15.4 Å². The largest absolute Gasteiger partial charge is 0.465 e. The van der Waals surface area contributed by atoms with E-state index in [1.54, 1.807) is 24.3 Å². The van der Waals surface area contributed by atoms with Crippen molar-refractivity contribution in [2.75, 3.05) is 17.7 Å². The predicted octanol–water partition coefficient (Wildman–Crippen LogP) is 4.40. The summed E-state index contributed by atoms with van der Waals surface area (Å²) in [5.74, 6) is -1.10. The first-order valence-corrected chi connectivity index (χ1v) is 8.63. The third kappa shape index (κ3) is 4.73. The Bertz CT molecular complexity index is 942. The number of carbonyl (C=O) groups excluding carboxylic acids is 2. The molecular formula is C22H19FN2O3. The summed E-state index contributed by atoms with van der Waals surface area (Å²) in [6.45, 7) is 0. The van der Waals surface area contributed by atoms with Gasteiger partial charge in [0.15, 0.2) is 0 Å². The number of carbonyl (C=O) groups is 2. The van der Waals surface area contributed by atoms with Crippen LogP contribution in [0.15, 0.2) is 78.9 Å². The van der Waals surface area contributed by atoms with Crippen LogP contribution in [0.25, 0.3) is 0 Å². The number of hydrogen-bond acceptors (Lipinski definition) is 4. The van der Waals surface area contributed by atoms with Gasteiger partial charge in [-0.3, -0.25) is 4.79 Å². The number of ether oxygens (including phenoxy) is 1. The van der Waals surface area contributed by atoms with Gasteiger partial charge in [-0.05, 0) is 54.1 Å². The Hall–Kier alpha value is -3.67. The lowest BCUT2D eigenvalue weighted by Gasteiger charge is -2.20. The molecule has 0 heterocycles. The Kier molecular flexibility index (Phi) is 6.01. The molecule has 0 spiro atoms. The van der Waals surface area contributed by atoms with Crippen LogP contribution in [-0.4, -0.2) is 19.0 Å². The number of esters is 1. The van der Waals surface area contributed by atoms with Crippen molar-refractivity contribution in [1.82, 2.24) is 0 Å². The Morgan fingerprint density at radius 3 is 2.07 bits per heavy atom. The van der Waals surface area contributed by atoms with Crippen LogP contribution in [0.3, 0.4) is 0 Å². The van der Waals surface area contributed by atoms with Crippen molar-refractivity contribution >= 4 is 23.3 Å². The molecule has 0 aliphatic carbocycles. The van der Waals surface area contributed by atoms with E-state index in [0.717, 1.165) is 5.56 Å². The minimum absolute atomic E-state index is 0.296. The van der Waals surface area contributed by atoms with Crippen LogP contribution in [0.5, 0.6) is 0 Å². The number of anilines is 2. The van der Waals surface area contributed by atoms with Crippen molar-refractivity contribution < 1.29 is 18.7 Å². The first kappa shape index (κ1) is 19.1. The smallest absolute Gasteiger partial charge is 0.337 e. The quantitative estimate of drug-likeness (QED) is 0.624. The summed E-state index contributed by atoms with van der Waals surface area (Å²) in [4.78, 5) is 24.5. The molecule has 0 saturated carbocycles. The topological polar surface area (TPSA) is 67.4 Å². The molecule has 0 unspecified atom stereocenters. The number of benzene rings is 3. The van der Waals surface area contributed by atoms with Gasteiger partial charge < -0.3 is 15.4 Å². The van der Waals surface area contributed by atoms with Crippen LogP contribution in [-0.2, 0) is 9.53 Å². The fourth-order valence-corrected chi connectivity index (χ4v) is 2.68. The summed E-state index contributed by atoms with van der Waals surface area (Å²) in [5.41, 5.74) is 2.34. The lowest BCUT2D eigenvalue weighted by atomic mass is 10.1. The molecule has 0 aliphatic rings. The van der Waals surface area contributed by atoms with Crippen LogP contribution in [0.4, 0.5) is 15.8 Å². The third-order valence-corrected chi connectivity index (χ3v) is 4.12. The average Bonchev–Trinajstić information content (AvgIpc) is 2.74. The molecule has 3 aromatic carbocycles. The zero-order valence-corrected chi connectivity index (χ0v) is 15.2. The van der Waals surface area contributed by atoms with Crippen molar-refractivity contribution in [3.05, 3.63) is 95.8 Å². The van der Waals surface area contributed by atoms with Crippen molar-refractivity contribution in [1.29, 1.82) is 0 Å². The zero-order chi connectivity index (χ0) is 19.9. The van der Waals surface area contributed by atoms with Crippen LogP contribution in [0, 0.1) is 5.82 Å². The molecule has 142 valence electrons. The standard InChI is InChI=1S/C22H19FN2O3/c1-28-22(27)16-7-11-18(12-8-16)24-20(15-5-3-2-4-6-15)21(26)25-19-13-9-17(23)10-14-19/h2-14,20,24H,1H3,(H,25,26)/t20-/m1/s1. The lowest BCUT2D eigenvalue weighted by molar-refractivity contribution is -0.117.